The smallest absolute Gasteiger partial charge is 0.415 e. The topological polar surface area (TPSA) is 32.7 Å². The molecule has 0 aromatic heterocycles. The van der Waals surface area contributed by atoms with Gasteiger partial charge in [-0.3, -0.25) is 4.90 Å². The fourth-order valence-electron chi connectivity index (χ4n) is 1.88. The van der Waals surface area contributed by atoms with E-state index in [4.69, 9.17) is 9.84 Å². The Morgan fingerprint density at radius 1 is 1.33 bits per heavy atom. The summed E-state index contributed by atoms with van der Waals surface area (Å²) in [5.41, 5.74) is 0.837. The first kappa shape index (κ1) is 13.2. The van der Waals surface area contributed by atoms with Crippen molar-refractivity contribution in [3.05, 3.63) is 29.8 Å². The Labute approximate surface area is 103 Å². The number of aliphatic hydroxyl groups is 1. The lowest BCUT2D eigenvalue weighted by Crippen LogP contribution is -2.41. The van der Waals surface area contributed by atoms with Crippen molar-refractivity contribution in [2.24, 2.45) is 0 Å². The van der Waals surface area contributed by atoms with Crippen molar-refractivity contribution in [3.63, 3.8) is 0 Å². The van der Waals surface area contributed by atoms with Gasteiger partial charge in [-0.1, -0.05) is 18.2 Å². The number of rotatable bonds is 2. The third kappa shape index (κ3) is 3.14. The number of nitrogens with zero attached hydrogens (tertiary/aromatic N) is 1. The lowest BCUT2D eigenvalue weighted by molar-refractivity contribution is -0.208. The molecular formula is C12H14F3NO2. The first-order valence-electron chi connectivity index (χ1n) is 5.64. The van der Waals surface area contributed by atoms with E-state index >= 15 is 0 Å². The van der Waals surface area contributed by atoms with Crippen LogP contribution >= 0.6 is 0 Å². The second-order valence-corrected chi connectivity index (χ2v) is 4.25. The predicted molar refractivity (Wildman–Crippen MR) is 59.3 cm³/mol. The minimum Gasteiger partial charge on any atom is -0.492 e. The molecule has 6 heteroatoms. The minimum atomic E-state index is -4.58. The molecule has 3 nitrogen and oxygen atoms in total. The van der Waals surface area contributed by atoms with Gasteiger partial charge in [-0.15, -0.1) is 0 Å². The molecule has 0 bridgehead atoms. The summed E-state index contributed by atoms with van der Waals surface area (Å²) in [5, 5.41) is 9.07. The van der Waals surface area contributed by atoms with Gasteiger partial charge < -0.3 is 9.84 Å². The van der Waals surface area contributed by atoms with Crippen LogP contribution in [0.15, 0.2) is 24.3 Å². The zero-order valence-corrected chi connectivity index (χ0v) is 9.65. The van der Waals surface area contributed by atoms with Crippen LogP contribution in [0.2, 0.25) is 0 Å². The zero-order valence-electron chi connectivity index (χ0n) is 9.65. The number of hydrogen-bond donors (Lipinski definition) is 1. The van der Waals surface area contributed by atoms with Crippen molar-refractivity contribution in [1.29, 1.82) is 0 Å². The summed E-state index contributed by atoms with van der Waals surface area (Å²) in [6, 6.07) is 7.23. The van der Waals surface area contributed by atoms with Crippen LogP contribution in [-0.4, -0.2) is 42.0 Å². The van der Waals surface area contributed by atoms with Gasteiger partial charge in [-0.25, -0.2) is 0 Å². The molecule has 1 aromatic rings. The lowest BCUT2D eigenvalue weighted by Gasteiger charge is -2.24. The normalized spacial score (nSPS) is 18.7. The Morgan fingerprint density at radius 2 is 2.06 bits per heavy atom. The van der Waals surface area contributed by atoms with Crippen LogP contribution in [0.4, 0.5) is 13.2 Å². The number of ether oxygens (including phenoxy) is 1. The van der Waals surface area contributed by atoms with Gasteiger partial charge in [0.15, 0.2) is 6.10 Å². The molecule has 1 aliphatic heterocycles. The number of aliphatic hydroxyl groups excluding tert-OH is 1. The summed E-state index contributed by atoms with van der Waals surface area (Å²) in [6.45, 7) is 0.605. The molecule has 1 unspecified atom stereocenters. The first-order chi connectivity index (χ1) is 8.47. The van der Waals surface area contributed by atoms with E-state index in [0.717, 1.165) is 5.56 Å². The quantitative estimate of drug-likeness (QED) is 0.881. The fourth-order valence-corrected chi connectivity index (χ4v) is 1.88. The van der Waals surface area contributed by atoms with E-state index in [9.17, 15) is 13.2 Å². The maximum absolute atomic E-state index is 12.3. The molecule has 0 aliphatic carbocycles. The number of benzene rings is 1. The molecule has 0 saturated carbocycles. The van der Waals surface area contributed by atoms with E-state index < -0.39 is 18.8 Å². The first-order valence-corrected chi connectivity index (χ1v) is 5.64. The van der Waals surface area contributed by atoms with Crippen LogP contribution in [0.3, 0.4) is 0 Å². The molecule has 0 amide bonds. The fraction of sp³-hybridized carbons (Fsp3) is 0.500. The van der Waals surface area contributed by atoms with Crippen LogP contribution in [0.1, 0.15) is 5.56 Å². The highest BCUT2D eigenvalue weighted by Crippen LogP contribution is 2.25. The monoisotopic (exact) mass is 261 g/mol. The number of β-amino-alcohol motifs (C(OH)–C–C–N with tert-alkyl or cyclic N) is 1. The van der Waals surface area contributed by atoms with E-state index in [1.165, 1.54) is 0 Å². The number of halogens is 3. The van der Waals surface area contributed by atoms with Gasteiger partial charge in [0.1, 0.15) is 12.4 Å². The molecule has 0 fully saturated rings. The van der Waals surface area contributed by atoms with Gasteiger partial charge >= 0.3 is 6.18 Å². The van der Waals surface area contributed by atoms with Gasteiger partial charge in [-0.2, -0.15) is 13.2 Å². The minimum absolute atomic E-state index is 0.321. The number of para-hydroxylation sites is 1. The van der Waals surface area contributed by atoms with Crippen LogP contribution < -0.4 is 4.74 Å². The molecule has 100 valence electrons. The summed E-state index contributed by atoms with van der Waals surface area (Å²) in [6.07, 6.45) is -6.89. The molecule has 1 N–H and O–H groups in total. The van der Waals surface area contributed by atoms with Gasteiger partial charge in [0.2, 0.25) is 0 Å². The maximum Gasteiger partial charge on any atom is 0.415 e. The Morgan fingerprint density at radius 3 is 2.78 bits per heavy atom. The molecule has 1 atom stereocenters. The van der Waals surface area contributed by atoms with Crippen LogP contribution in [-0.2, 0) is 6.54 Å². The average Bonchev–Trinajstić information content (AvgIpc) is 2.49. The zero-order chi connectivity index (χ0) is 13.2. The standard InChI is InChI=1S/C12H14F3NO2/c13-12(14,15)11(17)8-16-5-6-18-10-4-2-1-3-9(10)7-16/h1-4,11,17H,5-8H2. The Kier molecular flexibility index (Phi) is 3.77. The van der Waals surface area contributed by atoms with Crippen LogP contribution in [0.25, 0.3) is 0 Å². The second-order valence-electron chi connectivity index (χ2n) is 4.25. The molecule has 0 spiro atoms. The molecular weight excluding hydrogens is 247 g/mol. The summed E-state index contributed by atoms with van der Waals surface area (Å²) in [7, 11) is 0. The van der Waals surface area contributed by atoms with Crippen molar-refractivity contribution < 1.29 is 23.0 Å². The van der Waals surface area contributed by atoms with Crippen molar-refractivity contribution in [1.82, 2.24) is 4.90 Å². The molecule has 1 aliphatic rings. The average molecular weight is 261 g/mol. The highest BCUT2D eigenvalue weighted by Gasteiger charge is 2.39. The number of alkyl halides is 3. The summed E-state index contributed by atoms with van der Waals surface area (Å²) in [4.78, 5) is 1.55. The largest absolute Gasteiger partial charge is 0.492 e. The molecule has 2 rings (SSSR count). The van der Waals surface area contributed by atoms with E-state index in [-0.39, 0.29) is 0 Å². The van der Waals surface area contributed by atoms with Crippen LogP contribution in [0.5, 0.6) is 5.75 Å². The molecule has 18 heavy (non-hydrogen) atoms. The molecule has 1 heterocycles. The molecule has 0 radical (unpaired) electrons. The summed E-state index contributed by atoms with van der Waals surface area (Å²) in [5.74, 6) is 0.696. The third-order valence-corrected chi connectivity index (χ3v) is 2.84. The van der Waals surface area contributed by atoms with Crippen molar-refractivity contribution in [2.45, 2.75) is 18.8 Å². The van der Waals surface area contributed by atoms with E-state index in [1.807, 2.05) is 18.2 Å². The molecule has 1 aromatic carbocycles. The predicted octanol–water partition coefficient (Wildman–Crippen LogP) is 1.80. The van der Waals surface area contributed by atoms with Crippen molar-refractivity contribution in [2.75, 3.05) is 19.7 Å². The Balaban J connectivity index is 2.04. The van der Waals surface area contributed by atoms with E-state index in [0.29, 0.717) is 25.4 Å². The van der Waals surface area contributed by atoms with Gasteiger partial charge in [0.05, 0.1) is 0 Å². The van der Waals surface area contributed by atoms with Gasteiger partial charge in [0, 0.05) is 25.2 Å². The third-order valence-electron chi connectivity index (χ3n) is 2.84. The maximum atomic E-state index is 12.3. The number of fused-ring (bicyclic) bond motifs is 1. The summed E-state index contributed by atoms with van der Waals surface area (Å²) < 4.78 is 42.3. The Hall–Kier alpha value is -1.27. The lowest BCUT2D eigenvalue weighted by atomic mass is 10.2. The van der Waals surface area contributed by atoms with E-state index in [2.05, 4.69) is 0 Å². The Bertz CT molecular complexity index is 409. The highest BCUT2D eigenvalue weighted by molar-refractivity contribution is 5.33. The van der Waals surface area contributed by atoms with Crippen LogP contribution in [0, 0.1) is 0 Å². The second kappa shape index (κ2) is 5.16. The van der Waals surface area contributed by atoms with Gasteiger partial charge in [0.25, 0.3) is 0 Å². The van der Waals surface area contributed by atoms with Crippen molar-refractivity contribution in [3.8, 4) is 5.75 Å². The SMILES string of the molecule is OC(CN1CCOc2ccccc2C1)C(F)(F)F. The summed E-state index contributed by atoms with van der Waals surface area (Å²) >= 11 is 0. The van der Waals surface area contributed by atoms with Crippen molar-refractivity contribution >= 4 is 0 Å². The molecule has 0 saturated heterocycles. The highest BCUT2D eigenvalue weighted by atomic mass is 19.4. The number of hydrogen-bond acceptors (Lipinski definition) is 3. The van der Waals surface area contributed by atoms with E-state index in [1.54, 1.807) is 11.0 Å². The van der Waals surface area contributed by atoms with Gasteiger partial charge in [-0.05, 0) is 6.07 Å².